The van der Waals surface area contributed by atoms with Crippen LogP contribution in [0.25, 0.3) is 0 Å². The van der Waals surface area contributed by atoms with Crippen LogP contribution in [0.4, 0.5) is 20.6 Å². The molecule has 8 nitrogen and oxygen atoms in total. The van der Waals surface area contributed by atoms with Crippen molar-refractivity contribution in [1.29, 1.82) is 0 Å². The standard InChI is InChI=1S/C23H27FN4O4/c1-31-20-8-7-19(14-21(20)32-2)28-15-17(13-22(28)29)25-23(30)27-11-9-26(10-12-27)18-5-3-16(24)4-6-18/h3-8,14,17H,9-13,15H2,1-2H3,(H,25,30)/t17-/m0/s1. The zero-order chi connectivity index (χ0) is 22.7. The molecule has 2 fully saturated rings. The molecule has 3 amide bonds. The number of methoxy groups -OCH3 is 2. The molecule has 9 heteroatoms. The van der Waals surface area contributed by atoms with E-state index in [1.54, 1.807) is 54.4 Å². The van der Waals surface area contributed by atoms with Crippen molar-refractivity contribution in [3.8, 4) is 11.5 Å². The number of piperazine rings is 1. The molecule has 0 aliphatic carbocycles. The highest BCUT2D eigenvalue weighted by molar-refractivity contribution is 5.97. The van der Waals surface area contributed by atoms with Crippen LogP contribution in [0.15, 0.2) is 42.5 Å². The summed E-state index contributed by atoms with van der Waals surface area (Å²) in [5.74, 6) is 0.820. The summed E-state index contributed by atoms with van der Waals surface area (Å²) in [7, 11) is 3.11. The average molecular weight is 442 g/mol. The van der Waals surface area contributed by atoms with E-state index in [1.165, 1.54) is 12.1 Å². The van der Waals surface area contributed by atoms with Crippen LogP contribution in [0.1, 0.15) is 6.42 Å². The number of amides is 3. The highest BCUT2D eigenvalue weighted by Crippen LogP contribution is 2.33. The molecule has 0 spiro atoms. The number of anilines is 2. The third-order valence-electron chi connectivity index (χ3n) is 5.89. The summed E-state index contributed by atoms with van der Waals surface area (Å²) >= 11 is 0. The van der Waals surface area contributed by atoms with Gasteiger partial charge in [-0.05, 0) is 36.4 Å². The van der Waals surface area contributed by atoms with E-state index in [2.05, 4.69) is 10.2 Å². The molecule has 2 aliphatic rings. The van der Waals surface area contributed by atoms with Crippen molar-refractivity contribution in [2.75, 3.05) is 56.7 Å². The first kappa shape index (κ1) is 21.7. The lowest BCUT2D eigenvalue weighted by Gasteiger charge is -2.36. The number of halogens is 1. The molecule has 2 aromatic rings. The first-order valence-corrected chi connectivity index (χ1v) is 10.6. The minimum atomic E-state index is -0.266. The van der Waals surface area contributed by atoms with E-state index in [1.807, 2.05) is 0 Å². The zero-order valence-corrected chi connectivity index (χ0v) is 18.2. The van der Waals surface area contributed by atoms with Gasteiger partial charge in [0.2, 0.25) is 5.91 Å². The summed E-state index contributed by atoms with van der Waals surface area (Å²) in [4.78, 5) is 30.9. The first-order chi connectivity index (χ1) is 15.5. The Hall–Kier alpha value is -3.49. The molecular formula is C23H27FN4O4. The predicted octanol–water partition coefficient (Wildman–Crippen LogP) is 2.48. The lowest BCUT2D eigenvalue weighted by molar-refractivity contribution is -0.117. The van der Waals surface area contributed by atoms with Gasteiger partial charge < -0.3 is 29.5 Å². The third kappa shape index (κ3) is 4.56. The number of ether oxygens (including phenoxy) is 2. The number of hydrogen-bond donors (Lipinski definition) is 1. The van der Waals surface area contributed by atoms with E-state index in [-0.39, 0.29) is 30.2 Å². The normalized spacial score (nSPS) is 18.7. The van der Waals surface area contributed by atoms with E-state index in [4.69, 9.17) is 9.47 Å². The van der Waals surface area contributed by atoms with Crippen molar-refractivity contribution in [1.82, 2.24) is 10.2 Å². The van der Waals surface area contributed by atoms with Crippen LogP contribution in [0.2, 0.25) is 0 Å². The van der Waals surface area contributed by atoms with Crippen molar-refractivity contribution >= 4 is 23.3 Å². The van der Waals surface area contributed by atoms with Crippen molar-refractivity contribution in [3.63, 3.8) is 0 Å². The van der Waals surface area contributed by atoms with Gasteiger partial charge in [-0.1, -0.05) is 0 Å². The van der Waals surface area contributed by atoms with Crippen molar-refractivity contribution in [2.45, 2.75) is 12.5 Å². The molecule has 0 unspecified atom stereocenters. The number of rotatable bonds is 5. The monoisotopic (exact) mass is 442 g/mol. The van der Waals surface area contributed by atoms with Gasteiger partial charge in [0.15, 0.2) is 11.5 Å². The molecule has 0 aromatic heterocycles. The highest BCUT2D eigenvalue weighted by Gasteiger charge is 2.33. The van der Waals surface area contributed by atoms with Crippen LogP contribution in [0.5, 0.6) is 11.5 Å². The summed E-state index contributed by atoms with van der Waals surface area (Å²) in [6.07, 6.45) is 0.246. The lowest BCUT2D eigenvalue weighted by Crippen LogP contribution is -2.53. The number of carbonyl (C=O) groups is 2. The molecule has 2 heterocycles. The molecule has 2 aliphatic heterocycles. The smallest absolute Gasteiger partial charge is 0.317 e. The van der Waals surface area contributed by atoms with Crippen molar-refractivity contribution in [3.05, 3.63) is 48.3 Å². The van der Waals surface area contributed by atoms with Gasteiger partial charge in [-0.25, -0.2) is 9.18 Å². The molecule has 1 atom stereocenters. The second-order valence-corrected chi connectivity index (χ2v) is 7.84. The SMILES string of the molecule is COc1ccc(N2C[C@@H](NC(=O)N3CCN(c4ccc(F)cc4)CC3)CC2=O)cc1OC. The maximum absolute atomic E-state index is 13.1. The maximum atomic E-state index is 13.1. The van der Waals surface area contributed by atoms with Gasteiger partial charge in [0.05, 0.1) is 20.3 Å². The Morgan fingerprint density at radius 1 is 0.969 bits per heavy atom. The molecular weight excluding hydrogens is 415 g/mol. The fourth-order valence-corrected chi connectivity index (χ4v) is 4.13. The van der Waals surface area contributed by atoms with Gasteiger partial charge in [-0.2, -0.15) is 0 Å². The zero-order valence-electron chi connectivity index (χ0n) is 18.2. The number of benzene rings is 2. The highest BCUT2D eigenvalue weighted by atomic mass is 19.1. The number of nitrogens with one attached hydrogen (secondary N) is 1. The van der Waals surface area contributed by atoms with Crippen LogP contribution in [0, 0.1) is 5.82 Å². The van der Waals surface area contributed by atoms with Gasteiger partial charge >= 0.3 is 6.03 Å². The summed E-state index contributed by atoms with van der Waals surface area (Å²) < 4.78 is 23.7. The minimum absolute atomic E-state index is 0.0522. The summed E-state index contributed by atoms with van der Waals surface area (Å²) in [5.41, 5.74) is 1.65. The molecule has 2 saturated heterocycles. The second kappa shape index (κ2) is 9.33. The Labute approximate surface area is 186 Å². The number of nitrogens with zero attached hydrogens (tertiary/aromatic N) is 3. The average Bonchev–Trinajstić information content (AvgIpc) is 3.18. The Bertz CT molecular complexity index is 976. The quantitative estimate of drug-likeness (QED) is 0.770. The fraction of sp³-hybridized carbons (Fsp3) is 0.391. The van der Waals surface area contributed by atoms with Gasteiger partial charge in [0, 0.05) is 56.6 Å². The van der Waals surface area contributed by atoms with Crippen LogP contribution < -0.4 is 24.6 Å². The van der Waals surface area contributed by atoms with Crippen LogP contribution in [0.3, 0.4) is 0 Å². The Balaban J connectivity index is 1.32. The fourth-order valence-electron chi connectivity index (χ4n) is 4.13. The van der Waals surface area contributed by atoms with E-state index in [0.29, 0.717) is 49.9 Å². The largest absolute Gasteiger partial charge is 0.493 e. The van der Waals surface area contributed by atoms with Crippen LogP contribution in [-0.4, -0.2) is 69.8 Å². The number of urea groups is 1. The van der Waals surface area contributed by atoms with Crippen LogP contribution >= 0.6 is 0 Å². The van der Waals surface area contributed by atoms with E-state index >= 15 is 0 Å². The Kier molecular flexibility index (Phi) is 6.34. The molecule has 1 N–H and O–H groups in total. The Morgan fingerprint density at radius 2 is 1.62 bits per heavy atom. The number of carbonyl (C=O) groups excluding carboxylic acids is 2. The molecule has 0 saturated carbocycles. The predicted molar refractivity (Wildman–Crippen MR) is 119 cm³/mol. The summed E-state index contributed by atoms with van der Waals surface area (Å²) in [6, 6.07) is 11.3. The van der Waals surface area contributed by atoms with E-state index in [9.17, 15) is 14.0 Å². The molecule has 4 rings (SSSR count). The van der Waals surface area contributed by atoms with Crippen LogP contribution in [-0.2, 0) is 4.79 Å². The third-order valence-corrected chi connectivity index (χ3v) is 5.89. The van der Waals surface area contributed by atoms with Gasteiger partial charge in [-0.3, -0.25) is 4.79 Å². The van der Waals surface area contributed by atoms with Gasteiger partial charge in [-0.15, -0.1) is 0 Å². The van der Waals surface area contributed by atoms with Gasteiger partial charge in [0.1, 0.15) is 5.82 Å². The first-order valence-electron chi connectivity index (χ1n) is 10.6. The summed E-state index contributed by atoms with van der Waals surface area (Å²) in [6.45, 7) is 2.85. The molecule has 0 radical (unpaired) electrons. The topological polar surface area (TPSA) is 74.4 Å². The molecule has 170 valence electrons. The van der Waals surface area contributed by atoms with Crippen molar-refractivity contribution < 1.29 is 23.5 Å². The van der Waals surface area contributed by atoms with E-state index in [0.717, 1.165) is 5.69 Å². The van der Waals surface area contributed by atoms with E-state index < -0.39 is 0 Å². The second-order valence-electron chi connectivity index (χ2n) is 7.84. The Morgan fingerprint density at radius 3 is 2.28 bits per heavy atom. The molecule has 0 bridgehead atoms. The number of hydrogen-bond acceptors (Lipinski definition) is 5. The molecule has 2 aromatic carbocycles. The van der Waals surface area contributed by atoms with Crippen molar-refractivity contribution in [2.24, 2.45) is 0 Å². The summed E-state index contributed by atoms with van der Waals surface area (Å²) in [5, 5.41) is 2.99. The maximum Gasteiger partial charge on any atom is 0.317 e. The lowest BCUT2D eigenvalue weighted by atomic mass is 10.2. The van der Waals surface area contributed by atoms with Gasteiger partial charge in [0.25, 0.3) is 0 Å². The molecule has 32 heavy (non-hydrogen) atoms. The minimum Gasteiger partial charge on any atom is -0.493 e.